The molecule has 1 heterocycles. The van der Waals surface area contributed by atoms with Crippen LogP contribution >= 0.6 is 11.3 Å². The monoisotopic (exact) mass is 250 g/mol. The number of carbonyl (C=O) groups is 1. The predicted molar refractivity (Wildman–Crippen MR) is 69.4 cm³/mol. The van der Waals surface area contributed by atoms with E-state index in [-0.39, 0.29) is 23.4 Å². The zero-order chi connectivity index (χ0) is 12.4. The molecule has 90 valence electrons. The summed E-state index contributed by atoms with van der Waals surface area (Å²) in [5.74, 6) is -0.134. The molecule has 5 heteroatoms. The number of benzene rings is 1. The van der Waals surface area contributed by atoms with E-state index in [4.69, 9.17) is 0 Å². The molecule has 0 spiro atoms. The smallest absolute Gasteiger partial charge is 0.308 e. The fourth-order valence-corrected chi connectivity index (χ4v) is 2.57. The number of nitrogens with zero attached hydrogens (tertiary/aromatic N) is 1. The Morgan fingerprint density at radius 1 is 1.41 bits per heavy atom. The first-order valence-corrected chi connectivity index (χ1v) is 6.27. The molecule has 0 saturated heterocycles. The number of thiazole rings is 1. The van der Waals surface area contributed by atoms with Crippen molar-refractivity contribution < 1.29 is 4.79 Å². The van der Waals surface area contributed by atoms with Gasteiger partial charge in [-0.25, -0.2) is 0 Å². The lowest BCUT2D eigenvalue weighted by atomic mass is 10.3. The maximum Gasteiger partial charge on any atom is 0.308 e. The van der Waals surface area contributed by atoms with Gasteiger partial charge in [0.2, 0.25) is 5.91 Å². The Labute approximate surface area is 103 Å². The second-order valence-electron chi connectivity index (χ2n) is 4.14. The van der Waals surface area contributed by atoms with Gasteiger partial charge in [0.1, 0.15) is 6.54 Å². The number of hydrogen-bond donors (Lipinski definition) is 1. The Hall–Kier alpha value is -1.62. The summed E-state index contributed by atoms with van der Waals surface area (Å²) in [6.07, 6.45) is 0. The molecule has 4 nitrogen and oxygen atoms in total. The molecular weight excluding hydrogens is 236 g/mol. The number of para-hydroxylation sites is 1. The zero-order valence-electron chi connectivity index (χ0n) is 9.77. The molecule has 0 bridgehead atoms. The van der Waals surface area contributed by atoms with E-state index in [1.54, 1.807) is 0 Å². The number of amides is 1. The van der Waals surface area contributed by atoms with Gasteiger partial charge in [-0.2, -0.15) is 0 Å². The molecule has 0 atom stereocenters. The van der Waals surface area contributed by atoms with Crippen LogP contribution in [0.4, 0.5) is 0 Å². The second kappa shape index (κ2) is 4.71. The van der Waals surface area contributed by atoms with Gasteiger partial charge < -0.3 is 5.32 Å². The summed E-state index contributed by atoms with van der Waals surface area (Å²) >= 11 is 1.17. The van der Waals surface area contributed by atoms with Crippen molar-refractivity contribution in [3.05, 3.63) is 33.9 Å². The van der Waals surface area contributed by atoms with Crippen LogP contribution in [0.15, 0.2) is 29.1 Å². The molecule has 0 unspecified atom stereocenters. The largest absolute Gasteiger partial charge is 0.352 e. The summed E-state index contributed by atoms with van der Waals surface area (Å²) in [7, 11) is 0. The van der Waals surface area contributed by atoms with E-state index in [9.17, 15) is 9.59 Å². The van der Waals surface area contributed by atoms with E-state index >= 15 is 0 Å². The van der Waals surface area contributed by atoms with Crippen LogP contribution in [0.1, 0.15) is 13.8 Å². The molecular formula is C12H14N2O2S. The van der Waals surface area contributed by atoms with Gasteiger partial charge in [-0.3, -0.25) is 14.2 Å². The lowest BCUT2D eigenvalue weighted by Crippen LogP contribution is -2.34. The average molecular weight is 250 g/mol. The van der Waals surface area contributed by atoms with Gasteiger partial charge in [-0.1, -0.05) is 23.5 Å². The van der Waals surface area contributed by atoms with Crippen molar-refractivity contribution in [2.24, 2.45) is 0 Å². The van der Waals surface area contributed by atoms with Crippen molar-refractivity contribution in [2.75, 3.05) is 0 Å². The van der Waals surface area contributed by atoms with Crippen molar-refractivity contribution in [1.82, 2.24) is 9.88 Å². The van der Waals surface area contributed by atoms with Crippen molar-refractivity contribution in [3.8, 4) is 0 Å². The first-order chi connectivity index (χ1) is 8.08. The van der Waals surface area contributed by atoms with Crippen LogP contribution in [0.2, 0.25) is 0 Å². The number of fused-ring (bicyclic) bond motifs is 1. The Morgan fingerprint density at radius 3 is 2.82 bits per heavy atom. The first kappa shape index (κ1) is 11.9. The fraction of sp³-hybridized carbons (Fsp3) is 0.333. The topological polar surface area (TPSA) is 51.1 Å². The van der Waals surface area contributed by atoms with Crippen LogP contribution in [0, 0.1) is 0 Å². The summed E-state index contributed by atoms with van der Waals surface area (Å²) in [6.45, 7) is 3.87. The Kier molecular flexibility index (Phi) is 3.28. The molecule has 17 heavy (non-hydrogen) atoms. The normalized spacial score (nSPS) is 11.0. The minimum atomic E-state index is -0.134. The third-order valence-electron chi connectivity index (χ3n) is 2.33. The van der Waals surface area contributed by atoms with E-state index in [1.807, 2.05) is 38.1 Å². The maximum absolute atomic E-state index is 11.8. The van der Waals surface area contributed by atoms with Crippen LogP contribution in [-0.2, 0) is 11.3 Å². The first-order valence-electron chi connectivity index (χ1n) is 5.45. The fourth-order valence-electron chi connectivity index (χ4n) is 1.67. The highest BCUT2D eigenvalue weighted by Gasteiger charge is 2.10. The molecule has 0 aliphatic carbocycles. The summed E-state index contributed by atoms with van der Waals surface area (Å²) in [5, 5.41) is 2.78. The van der Waals surface area contributed by atoms with Crippen LogP contribution in [0.3, 0.4) is 0 Å². The molecule has 1 aromatic carbocycles. The van der Waals surface area contributed by atoms with Crippen molar-refractivity contribution in [3.63, 3.8) is 0 Å². The van der Waals surface area contributed by atoms with Crippen molar-refractivity contribution in [1.29, 1.82) is 0 Å². The number of hydrogen-bond acceptors (Lipinski definition) is 3. The summed E-state index contributed by atoms with van der Waals surface area (Å²) in [4.78, 5) is 23.3. The molecule has 0 fully saturated rings. The standard InChI is InChI=1S/C12H14N2O2S/c1-8(2)13-11(15)7-14-9-5-3-4-6-10(9)17-12(14)16/h3-6,8H,7H2,1-2H3,(H,13,15). The minimum Gasteiger partial charge on any atom is -0.352 e. The van der Waals surface area contributed by atoms with Crippen LogP contribution in [0.5, 0.6) is 0 Å². The zero-order valence-corrected chi connectivity index (χ0v) is 10.6. The summed E-state index contributed by atoms with van der Waals surface area (Å²) in [6, 6.07) is 7.58. The summed E-state index contributed by atoms with van der Waals surface area (Å²) in [5.41, 5.74) is 0.821. The minimum absolute atomic E-state index is 0.0844. The third kappa shape index (κ3) is 2.55. The van der Waals surface area contributed by atoms with Gasteiger partial charge in [-0.05, 0) is 26.0 Å². The van der Waals surface area contributed by atoms with Gasteiger partial charge in [0.25, 0.3) is 0 Å². The van der Waals surface area contributed by atoms with Gasteiger partial charge in [0.15, 0.2) is 0 Å². The molecule has 0 radical (unpaired) electrons. The van der Waals surface area contributed by atoms with Crippen LogP contribution in [-0.4, -0.2) is 16.5 Å². The van der Waals surface area contributed by atoms with Crippen molar-refractivity contribution in [2.45, 2.75) is 26.4 Å². The van der Waals surface area contributed by atoms with Gasteiger partial charge in [0, 0.05) is 6.04 Å². The van der Waals surface area contributed by atoms with E-state index < -0.39 is 0 Å². The Bertz CT molecular complexity index is 598. The Balaban J connectivity index is 2.32. The quantitative estimate of drug-likeness (QED) is 0.899. The number of rotatable bonds is 3. The lowest BCUT2D eigenvalue weighted by Gasteiger charge is -2.08. The molecule has 1 N–H and O–H groups in total. The van der Waals surface area contributed by atoms with Crippen molar-refractivity contribution >= 4 is 27.5 Å². The second-order valence-corrected chi connectivity index (χ2v) is 5.14. The molecule has 1 aromatic heterocycles. The number of nitrogens with one attached hydrogen (secondary N) is 1. The highest BCUT2D eigenvalue weighted by atomic mass is 32.1. The molecule has 0 aliphatic rings. The molecule has 1 amide bonds. The van der Waals surface area contributed by atoms with E-state index in [2.05, 4.69) is 5.32 Å². The predicted octanol–water partition coefficient (Wildman–Crippen LogP) is 1.59. The highest BCUT2D eigenvalue weighted by Crippen LogP contribution is 2.15. The van der Waals surface area contributed by atoms with Gasteiger partial charge in [0.05, 0.1) is 10.2 Å². The van der Waals surface area contributed by atoms with Crippen LogP contribution in [0.25, 0.3) is 10.2 Å². The highest BCUT2D eigenvalue weighted by molar-refractivity contribution is 7.16. The molecule has 2 rings (SSSR count). The molecule has 2 aromatic rings. The molecule has 0 aliphatic heterocycles. The summed E-state index contributed by atoms with van der Waals surface area (Å²) < 4.78 is 2.42. The maximum atomic E-state index is 11.8. The van der Waals surface area contributed by atoms with E-state index in [0.29, 0.717) is 0 Å². The molecule has 0 saturated carbocycles. The number of aromatic nitrogens is 1. The van der Waals surface area contributed by atoms with Gasteiger partial charge in [-0.15, -0.1) is 0 Å². The number of carbonyl (C=O) groups excluding carboxylic acids is 1. The van der Waals surface area contributed by atoms with Crippen LogP contribution < -0.4 is 10.2 Å². The van der Waals surface area contributed by atoms with E-state index in [1.165, 1.54) is 15.9 Å². The Morgan fingerprint density at radius 2 is 2.12 bits per heavy atom. The van der Waals surface area contributed by atoms with E-state index in [0.717, 1.165) is 10.2 Å². The van der Waals surface area contributed by atoms with Gasteiger partial charge >= 0.3 is 4.87 Å². The lowest BCUT2D eigenvalue weighted by molar-refractivity contribution is -0.122. The third-order valence-corrected chi connectivity index (χ3v) is 3.29. The average Bonchev–Trinajstić information content (AvgIpc) is 2.55. The SMILES string of the molecule is CC(C)NC(=O)Cn1c(=O)sc2ccccc21.